The summed E-state index contributed by atoms with van der Waals surface area (Å²) in [6, 6.07) is 7.87. The number of hydrogen-bond donors (Lipinski definition) is 2. The summed E-state index contributed by atoms with van der Waals surface area (Å²) in [6.07, 6.45) is 0.888. The van der Waals surface area contributed by atoms with E-state index in [2.05, 4.69) is 24.5 Å². The molecule has 1 aliphatic heterocycles. The Morgan fingerprint density at radius 2 is 2.17 bits per heavy atom. The van der Waals surface area contributed by atoms with Gasteiger partial charge in [-0.2, -0.15) is 0 Å². The van der Waals surface area contributed by atoms with E-state index in [9.17, 15) is 4.79 Å². The number of para-hydroxylation sites is 1. The van der Waals surface area contributed by atoms with Gasteiger partial charge in [0.2, 0.25) is 0 Å². The summed E-state index contributed by atoms with van der Waals surface area (Å²) in [5.41, 5.74) is 2.03. The maximum atomic E-state index is 11.9. The molecule has 1 saturated heterocycles. The predicted molar refractivity (Wildman–Crippen MR) is 71.9 cm³/mol. The van der Waals surface area contributed by atoms with Crippen LogP contribution in [0.15, 0.2) is 24.3 Å². The van der Waals surface area contributed by atoms with E-state index in [0.29, 0.717) is 12.5 Å². The minimum Gasteiger partial charge on any atom is -0.379 e. The molecule has 2 amide bonds. The molecule has 1 unspecified atom stereocenters. The van der Waals surface area contributed by atoms with Gasteiger partial charge in [-0.15, -0.1) is 0 Å². The van der Waals surface area contributed by atoms with Crippen LogP contribution < -0.4 is 10.6 Å². The molecule has 1 atom stereocenters. The Bertz CT molecular complexity index is 412. The summed E-state index contributed by atoms with van der Waals surface area (Å²) in [5.74, 6) is 0.385. The minimum atomic E-state index is -0.154. The Hall–Kier alpha value is -1.55. The number of hydrogen-bond acceptors (Lipinski definition) is 2. The van der Waals surface area contributed by atoms with Crippen LogP contribution >= 0.6 is 0 Å². The number of amides is 2. The minimum absolute atomic E-state index is 0.135. The van der Waals surface area contributed by atoms with Crippen molar-refractivity contribution in [3.63, 3.8) is 0 Å². The van der Waals surface area contributed by atoms with E-state index in [1.165, 1.54) is 0 Å². The molecule has 98 valence electrons. The lowest BCUT2D eigenvalue weighted by Gasteiger charge is -2.16. The molecule has 4 nitrogen and oxygen atoms in total. The fourth-order valence-corrected chi connectivity index (χ4v) is 2.11. The second kappa shape index (κ2) is 5.87. The van der Waals surface area contributed by atoms with Crippen molar-refractivity contribution in [2.24, 2.45) is 0 Å². The van der Waals surface area contributed by atoms with Gasteiger partial charge in [0.1, 0.15) is 0 Å². The van der Waals surface area contributed by atoms with Crippen LogP contribution in [0.1, 0.15) is 31.7 Å². The van der Waals surface area contributed by atoms with Crippen molar-refractivity contribution in [1.29, 1.82) is 0 Å². The van der Waals surface area contributed by atoms with Crippen LogP contribution in [0.3, 0.4) is 0 Å². The van der Waals surface area contributed by atoms with Gasteiger partial charge < -0.3 is 15.4 Å². The lowest BCUT2D eigenvalue weighted by Crippen LogP contribution is -2.38. The summed E-state index contributed by atoms with van der Waals surface area (Å²) in [6.45, 7) is 5.57. The predicted octanol–water partition coefficient (Wildman–Crippen LogP) is 2.72. The first-order valence-corrected chi connectivity index (χ1v) is 6.41. The van der Waals surface area contributed by atoms with Gasteiger partial charge >= 0.3 is 6.03 Å². The number of urea groups is 1. The topological polar surface area (TPSA) is 50.4 Å². The van der Waals surface area contributed by atoms with Gasteiger partial charge in [0.05, 0.1) is 12.6 Å². The average Bonchev–Trinajstić information content (AvgIpc) is 2.82. The Morgan fingerprint density at radius 3 is 2.83 bits per heavy atom. The van der Waals surface area contributed by atoms with Crippen molar-refractivity contribution >= 4 is 11.7 Å². The van der Waals surface area contributed by atoms with E-state index in [0.717, 1.165) is 24.3 Å². The number of ether oxygens (including phenoxy) is 1. The van der Waals surface area contributed by atoms with Gasteiger partial charge in [0.25, 0.3) is 0 Å². The van der Waals surface area contributed by atoms with Crippen molar-refractivity contribution in [2.75, 3.05) is 18.5 Å². The molecule has 0 bridgehead atoms. The fourth-order valence-electron chi connectivity index (χ4n) is 2.11. The van der Waals surface area contributed by atoms with Crippen LogP contribution in [0.4, 0.5) is 10.5 Å². The Balaban J connectivity index is 1.97. The number of carbonyl (C=O) groups is 1. The normalized spacial score (nSPS) is 18.9. The fraction of sp³-hybridized carbons (Fsp3) is 0.500. The quantitative estimate of drug-likeness (QED) is 0.864. The number of anilines is 1. The van der Waals surface area contributed by atoms with Gasteiger partial charge in [-0.25, -0.2) is 4.79 Å². The first kappa shape index (κ1) is 12.9. The van der Waals surface area contributed by atoms with Crippen LogP contribution in [0.2, 0.25) is 0 Å². The number of rotatable bonds is 3. The molecule has 2 N–H and O–H groups in total. The van der Waals surface area contributed by atoms with E-state index in [1.807, 2.05) is 24.3 Å². The van der Waals surface area contributed by atoms with E-state index < -0.39 is 0 Å². The van der Waals surface area contributed by atoms with Crippen LogP contribution in [-0.2, 0) is 4.74 Å². The molecule has 0 saturated carbocycles. The van der Waals surface area contributed by atoms with Crippen LogP contribution in [0.5, 0.6) is 0 Å². The largest absolute Gasteiger partial charge is 0.379 e. The maximum absolute atomic E-state index is 11.9. The molecule has 4 heteroatoms. The second-order valence-electron chi connectivity index (χ2n) is 4.90. The highest BCUT2D eigenvalue weighted by atomic mass is 16.5. The van der Waals surface area contributed by atoms with Crippen LogP contribution in [0, 0.1) is 0 Å². The molecular weight excluding hydrogens is 228 g/mol. The molecule has 0 radical (unpaired) electrons. The lowest BCUT2D eigenvalue weighted by molar-refractivity contribution is 0.189. The summed E-state index contributed by atoms with van der Waals surface area (Å²) in [4.78, 5) is 11.9. The van der Waals surface area contributed by atoms with E-state index in [4.69, 9.17) is 4.74 Å². The third-order valence-electron chi connectivity index (χ3n) is 3.10. The summed E-state index contributed by atoms with van der Waals surface area (Å²) < 4.78 is 5.23. The third-order valence-corrected chi connectivity index (χ3v) is 3.10. The van der Waals surface area contributed by atoms with E-state index >= 15 is 0 Å². The lowest BCUT2D eigenvalue weighted by atomic mass is 10.0. The molecule has 1 aliphatic rings. The molecule has 0 aliphatic carbocycles. The average molecular weight is 248 g/mol. The Morgan fingerprint density at radius 1 is 1.39 bits per heavy atom. The highest BCUT2D eigenvalue weighted by Gasteiger charge is 2.18. The summed E-state index contributed by atoms with van der Waals surface area (Å²) >= 11 is 0. The van der Waals surface area contributed by atoms with Crippen LogP contribution in [-0.4, -0.2) is 25.3 Å². The van der Waals surface area contributed by atoms with Gasteiger partial charge in [-0.05, 0) is 24.0 Å². The zero-order valence-electron chi connectivity index (χ0n) is 10.9. The molecule has 1 fully saturated rings. The van der Waals surface area contributed by atoms with E-state index in [-0.39, 0.29) is 12.1 Å². The highest BCUT2D eigenvalue weighted by molar-refractivity contribution is 5.90. The van der Waals surface area contributed by atoms with Crippen LogP contribution in [0.25, 0.3) is 0 Å². The molecule has 1 aromatic carbocycles. The Labute approximate surface area is 108 Å². The van der Waals surface area contributed by atoms with Crippen molar-refractivity contribution < 1.29 is 9.53 Å². The maximum Gasteiger partial charge on any atom is 0.319 e. The van der Waals surface area contributed by atoms with Gasteiger partial charge in [-0.3, -0.25) is 0 Å². The summed E-state index contributed by atoms with van der Waals surface area (Å²) in [7, 11) is 0. The summed E-state index contributed by atoms with van der Waals surface area (Å²) in [5, 5.41) is 5.83. The van der Waals surface area contributed by atoms with Gasteiger partial charge in [-0.1, -0.05) is 32.0 Å². The highest BCUT2D eigenvalue weighted by Crippen LogP contribution is 2.23. The molecular formula is C14H20N2O2. The standard InChI is InChI=1S/C14H20N2O2/c1-10(2)12-5-3-4-6-13(12)16-14(17)15-11-7-8-18-9-11/h3-6,10-11H,7-9H2,1-2H3,(H2,15,16,17). The van der Waals surface area contributed by atoms with Crippen molar-refractivity contribution in [3.05, 3.63) is 29.8 Å². The smallest absolute Gasteiger partial charge is 0.319 e. The molecule has 18 heavy (non-hydrogen) atoms. The third kappa shape index (κ3) is 3.23. The van der Waals surface area contributed by atoms with Crippen molar-refractivity contribution in [3.8, 4) is 0 Å². The number of carbonyl (C=O) groups excluding carboxylic acids is 1. The van der Waals surface area contributed by atoms with Crippen molar-refractivity contribution in [1.82, 2.24) is 5.32 Å². The van der Waals surface area contributed by atoms with Gasteiger partial charge in [0.15, 0.2) is 0 Å². The van der Waals surface area contributed by atoms with Crippen molar-refractivity contribution in [2.45, 2.75) is 32.2 Å². The first-order chi connectivity index (χ1) is 8.66. The molecule has 1 aromatic rings. The number of nitrogens with one attached hydrogen (secondary N) is 2. The second-order valence-corrected chi connectivity index (χ2v) is 4.90. The molecule has 2 rings (SSSR count). The van der Waals surface area contributed by atoms with Gasteiger partial charge in [0, 0.05) is 12.3 Å². The molecule has 1 heterocycles. The zero-order valence-corrected chi connectivity index (χ0v) is 10.9. The zero-order chi connectivity index (χ0) is 13.0. The Kier molecular flexibility index (Phi) is 4.20. The number of benzene rings is 1. The molecule has 0 aromatic heterocycles. The first-order valence-electron chi connectivity index (χ1n) is 6.41. The monoisotopic (exact) mass is 248 g/mol. The van der Waals surface area contributed by atoms with E-state index in [1.54, 1.807) is 0 Å². The SMILES string of the molecule is CC(C)c1ccccc1NC(=O)NC1CCOC1. The molecule has 0 spiro atoms.